The first-order chi connectivity index (χ1) is 8.77. The first-order valence-electron chi connectivity index (χ1n) is 6.51. The fourth-order valence-corrected chi connectivity index (χ4v) is 1.69. The molecule has 0 spiro atoms. The van der Waals surface area contributed by atoms with Crippen molar-refractivity contribution < 1.29 is 9.13 Å². The van der Waals surface area contributed by atoms with Gasteiger partial charge in [-0.15, -0.1) is 0 Å². The second-order valence-corrected chi connectivity index (χ2v) is 4.25. The molecule has 0 aliphatic carbocycles. The molecule has 1 rings (SSSR count). The summed E-state index contributed by atoms with van der Waals surface area (Å²) in [6.45, 7) is 5.88. The number of benzene rings is 1. The molecule has 0 aliphatic rings. The molecule has 18 heavy (non-hydrogen) atoms. The summed E-state index contributed by atoms with van der Waals surface area (Å²) in [7, 11) is 1.47. The minimum Gasteiger partial charge on any atom is -0.494 e. The Labute approximate surface area is 109 Å². The van der Waals surface area contributed by atoms with Gasteiger partial charge in [0.05, 0.1) is 7.11 Å². The second-order valence-electron chi connectivity index (χ2n) is 4.25. The van der Waals surface area contributed by atoms with Crippen LogP contribution in [0, 0.1) is 5.82 Å². The van der Waals surface area contributed by atoms with Crippen molar-refractivity contribution in [1.82, 2.24) is 10.6 Å². The minimum absolute atomic E-state index is 0.294. The van der Waals surface area contributed by atoms with Crippen LogP contribution in [0.1, 0.15) is 25.3 Å². The van der Waals surface area contributed by atoms with Crippen molar-refractivity contribution in [2.24, 2.45) is 0 Å². The maximum Gasteiger partial charge on any atom is 0.165 e. The van der Waals surface area contributed by atoms with E-state index >= 15 is 0 Å². The van der Waals surface area contributed by atoms with E-state index in [1.807, 2.05) is 6.07 Å². The largest absolute Gasteiger partial charge is 0.494 e. The van der Waals surface area contributed by atoms with Crippen molar-refractivity contribution in [2.75, 3.05) is 26.7 Å². The minimum atomic E-state index is -0.304. The highest BCUT2D eigenvalue weighted by Crippen LogP contribution is 2.17. The van der Waals surface area contributed by atoms with E-state index in [9.17, 15) is 4.39 Å². The van der Waals surface area contributed by atoms with E-state index in [1.54, 1.807) is 6.07 Å². The number of hydrogen-bond acceptors (Lipinski definition) is 3. The van der Waals surface area contributed by atoms with E-state index in [1.165, 1.54) is 19.6 Å². The third kappa shape index (κ3) is 5.47. The normalized spacial score (nSPS) is 10.6. The van der Waals surface area contributed by atoms with Crippen molar-refractivity contribution in [2.45, 2.75) is 26.3 Å². The average molecular weight is 254 g/mol. The van der Waals surface area contributed by atoms with E-state index in [-0.39, 0.29) is 5.82 Å². The van der Waals surface area contributed by atoms with Crippen molar-refractivity contribution in [3.8, 4) is 5.75 Å². The first kappa shape index (κ1) is 14.9. The number of methoxy groups -OCH3 is 1. The molecule has 0 heterocycles. The van der Waals surface area contributed by atoms with E-state index in [2.05, 4.69) is 17.6 Å². The van der Waals surface area contributed by atoms with Crippen LogP contribution in [0.3, 0.4) is 0 Å². The third-order valence-corrected chi connectivity index (χ3v) is 2.68. The Morgan fingerprint density at radius 1 is 1.17 bits per heavy atom. The van der Waals surface area contributed by atoms with Crippen LogP contribution in [0.25, 0.3) is 0 Å². The zero-order valence-corrected chi connectivity index (χ0v) is 11.3. The lowest BCUT2D eigenvalue weighted by molar-refractivity contribution is 0.386. The fourth-order valence-electron chi connectivity index (χ4n) is 1.69. The molecule has 0 unspecified atom stereocenters. The zero-order chi connectivity index (χ0) is 13.2. The Hall–Kier alpha value is -1.13. The third-order valence-electron chi connectivity index (χ3n) is 2.68. The predicted octanol–water partition coefficient (Wildman–Crippen LogP) is 2.31. The van der Waals surface area contributed by atoms with E-state index < -0.39 is 0 Å². The van der Waals surface area contributed by atoms with Crippen LogP contribution in [-0.2, 0) is 6.54 Å². The highest BCUT2D eigenvalue weighted by atomic mass is 19.1. The maximum absolute atomic E-state index is 13.4. The highest BCUT2D eigenvalue weighted by molar-refractivity contribution is 5.29. The molecular formula is C14H23FN2O. The number of hydrogen-bond donors (Lipinski definition) is 2. The van der Waals surface area contributed by atoms with Gasteiger partial charge >= 0.3 is 0 Å². The van der Waals surface area contributed by atoms with Crippen LogP contribution < -0.4 is 15.4 Å². The van der Waals surface area contributed by atoms with Gasteiger partial charge in [-0.3, -0.25) is 0 Å². The van der Waals surface area contributed by atoms with Gasteiger partial charge in [-0.25, -0.2) is 4.39 Å². The Balaban J connectivity index is 2.17. The maximum atomic E-state index is 13.4. The molecule has 0 amide bonds. The quantitative estimate of drug-likeness (QED) is 0.663. The van der Waals surface area contributed by atoms with Gasteiger partial charge < -0.3 is 15.4 Å². The molecule has 1 aromatic carbocycles. The number of halogens is 1. The van der Waals surface area contributed by atoms with Crippen LogP contribution in [0.4, 0.5) is 4.39 Å². The predicted molar refractivity (Wildman–Crippen MR) is 72.4 cm³/mol. The lowest BCUT2D eigenvalue weighted by Gasteiger charge is -2.07. The summed E-state index contributed by atoms with van der Waals surface area (Å²) in [6.07, 6.45) is 2.25. The topological polar surface area (TPSA) is 33.3 Å². The van der Waals surface area contributed by atoms with Gasteiger partial charge in [0.15, 0.2) is 11.6 Å². The molecule has 1 aromatic rings. The molecule has 3 nitrogen and oxygen atoms in total. The number of ether oxygens (including phenoxy) is 1. The fraction of sp³-hybridized carbons (Fsp3) is 0.571. The van der Waals surface area contributed by atoms with Crippen molar-refractivity contribution in [3.05, 3.63) is 29.6 Å². The highest BCUT2D eigenvalue weighted by Gasteiger charge is 2.02. The van der Waals surface area contributed by atoms with Crippen molar-refractivity contribution in [3.63, 3.8) is 0 Å². The number of rotatable bonds is 9. The number of nitrogens with one attached hydrogen (secondary N) is 2. The van der Waals surface area contributed by atoms with Crippen molar-refractivity contribution in [1.29, 1.82) is 0 Å². The Morgan fingerprint density at radius 3 is 2.61 bits per heavy atom. The van der Waals surface area contributed by atoms with Crippen molar-refractivity contribution >= 4 is 0 Å². The van der Waals surface area contributed by atoms with Crippen LogP contribution in [0.15, 0.2) is 18.2 Å². The lowest BCUT2D eigenvalue weighted by Crippen LogP contribution is -2.22. The van der Waals surface area contributed by atoms with Gasteiger partial charge in [0.1, 0.15) is 0 Å². The summed E-state index contributed by atoms with van der Waals surface area (Å²) in [5, 5.41) is 6.64. The Morgan fingerprint density at radius 2 is 1.94 bits per heavy atom. The van der Waals surface area contributed by atoms with Gasteiger partial charge in [0, 0.05) is 6.54 Å². The van der Waals surface area contributed by atoms with Crippen LogP contribution in [0.5, 0.6) is 5.75 Å². The Bertz CT molecular complexity index is 345. The van der Waals surface area contributed by atoms with Crippen LogP contribution >= 0.6 is 0 Å². The molecule has 102 valence electrons. The van der Waals surface area contributed by atoms with Gasteiger partial charge in [0.2, 0.25) is 0 Å². The van der Waals surface area contributed by atoms with Gasteiger partial charge in [-0.2, -0.15) is 0 Å². The van der Waals surface area contributed by atoms with Crippen LogP contribution in [0.2, 0.25) is 0 Å². The molecule has 0 fully saturated rings. The monoisotopic (exact) mass is 254 g/mol. The molecule has 0 aliphatic heterocycles. The zero-order valence-electron chi connectivity index (χ0n) is 11.3. The average Bonchev–Trinajstić information content (AvgIpc) is 2.38. The van der Waals surface area contributed by atoms with Crippen LogP contribution in [-0.4, -0.2) is 26.7 Å². The molecule has 0 bridgehead atoms. The molecule has 0 atom stereocenters. The smallest absolute Gasteiger partial charge is 0.165 e. The van der Waals surface area contributed by atoms with E-state index in [0.717, 1.165) is 31.6 Å². The molecule has 0 radical (unpaired) electrons. The second kappa shape index (κ2) is 8.89. The molecular weight excluding hydrogens is 231 g/mol. The summed E-state index contributed by atoms with van der Waals surface area (Å²) >= 11 is 0. The van der Waals surface area contributed by atoms with E-state index in [4.69, 9.17) is 4.74 Å². The summed E-state index contributed by atoms with van der Waals surface area (Å²) in [5.41, 5.74) is 0.940. The molecule has 0 aromatic heterocycles. The van der Waals surface area contributed by atoms with E-state index in [0.29, 0.717) is 12.3 Å². The summed E-state index contributed by atoms with van der Waals surface area (Å²) < 4.78 is 18.3. The van der Waals surface area contributed by atoms with Gasteiger partial charge in [-0.1, -0.05) is 13.0 Å². The standard InChI is InChI=1S/C14H23FN2O/c1-3-7-16-8-4-9-17-11-12-5-6-14(18-2)13(15)10-12/h5-6,10,16-17H,3-4,7-9,11H2,1-2H3. The summed E-state index contributed by atoms with van der Waals surface area (Å²) in [5.74, 6) is -0.0103. The molecule has 2 N–H and O–H groups in total. The molecule has 4 heteroatoms. The van der Waals surface area contributed by atoms with Gasteiger partial charge in [0.25, 0.3) is 0 Å². The molecule has 0 saturated carbocycles. The first-order valence-corrected chi connectivity index (χ1v) is 6.51. The van der Waals surface area contributed by atoms with Gasteiger partial charge in [-0.05, 0) is 50.2 Å². The SMILES string of the molecule is CCCNCCCNCc1ccc(OC)c(F)c1. The summed E-state index contributed by atoms with van der Waals surface area (Å²) in [4.78, 5) is 0. The summed E-state index contributed by atoms with van der Waals surface area (Å²) in [6, 6.07) is 5.06. The lowest BCUT2D eigenvalue weighted by atomic mass is 10.2. The Kier molecular flexibility index (Phi) is 7.37. The molecule has 0 saturated heterocycles.